The Hall–Kier alpha value is -3.99. The van der Waals surface area contributed by atoms with Crippen molar-refractivity contribution in [3.63, 3.8) is 0 Å². The summed E-state index contributed by atoms with van der Waals surface area (Å²) in [7, 11) is 1.47. The number of amides is 2. The maximum Gasteiger partial charge on any atom is 0.431 e. The molecule has 0 radical (unpaired) electrons. The van der Waals surface area contributed by atoms with Crippen molar-refractivity contribution in [1.29, 1.82) is 0 Å². The van der Waals surface area contributed by atoms with Crippen molar-refractivity contribution in [2.75, 3.05) is 19.3 Å². The van der Waals surface area contributed by atoms with E-state index in [9.17, 15) is 14.0 Å². The first kappa shape index (κ1) is 26.1. The summed E-state index contributed by atoms with van der Waals surface area (Å²) >= 11 is 1.34. The summed E-state index contributed by atoms with van der Waals surface area (Å²) in [6, 6.07) is 12.1. The molecule has 0 spiro atoms. The van der Waals surface area contributed by atoms with Gasteiger partial charge in [0.2, 0.25) is 6.86 Å². The number of hydrazone groups is 1. The van der Waals surface area contributed by atoms with E-state index in [2.05, 4.69) is 15.4 Å². The van der Waals surface area contributed by atoms with Gasteiger partial charge in [0.1, 0.15) is 16.7 Å². The molecular weight excluding hydrogens is 499 g/mol. The van der Waals surface area contributed by atoms with Crippen LogP contribution < -0.4 is 14.8 Å². The van der Waals surface area contributed by atoms with Crippen LogP contribution in [0.1, 0.15) is 44.8 Å². The maximum atomic E-state index is 12.9. The van der Waals surface area contributed by atoms with E-state index < -0.39 is 19.1 Å². The molecule has 3 aromatic rings. The largest absolute Gasteiger partial charge is 0.493 e. The zero-order chi connectivity index (χ0) is 26.5. The Kier molecular flexibility index (Phi) is 8.02. The maximum absolute atomic E-state index is 12.9. The number of methoxy groups -OCH3 is 1. The molecule has 9 nitrogen and oxygen atoms in total. The number of ether oxygens (including phenoxy) is 3. The Labute approximate surface area is 217 Å². The number of anilines is 1. The van der Waals surface area contributed by atoms with Crippen molar-refractivity contribution in [3.05, 3.63) is 69.2 Å². The minimum Gasteiger partial charge on any atom is -0.493 e. The quantitative estimate of drug-likeness (QED) is 0.397. The number of alkyl halides is 1. The average Bonchev–Trinajstić information content (AvgIpc) is 3.24. The standard InChI is InChI=1S/C26H27FN4O5S/c1-5-20-23(18-8-11-21(34-4)22(12-18)35-14-27)30-31(26(33)36-20)13-17-6-9-19(10-7-17)29-25(32)24-15(2)28-16(3)37-24/h6-12,20H,5,13-14H2,1-4H3,(H,29,32). The summed E-state index contributed by atoms with van der Waals surface area (Å²) in [6.45, 7) is 4.69. The van der Waals surface area contributed by atoms with Crippen LogP contribution in [-0.4, -0.2) is 47.8 Å². The number of thiazole rings is 1. The number of hydrogen-bond acceptors (Lipinski definition) is 8. The molecule has 11 heteroatoms. The fraction of sp³-hybridized carbons (Fsp3) is 0.308. The second-order valence-electron chi connectivity index (χ2n) is 8.24. The zero-order valence-corrected chi connectivity index (χ0v) is 21.7. The monoisotopic (exact) mass is 526 g/mol. The minimum atomic E-state index is -1.01. The van der Waals surface area contributed by atoms with E-state index in [1.54, 1.807) is 49.4 Å². The third-order valence-electron chi connectivity index (χ3n) is 5.68. The molecule has 1 unspecified atom stereocenters. The van der Waals surface area contributed by atoms with Gasteiger partial charge in [-0.15, -0.1) is 11.3 Å². The highest BCUT2D eigenvalue weighted by molar-refractivity contribution is 7.13. The van der Waals surface area contributed by atoms with Gasteiger partial charge in [0.25, 0.3) is 5.91 Å². The Morgan fingerprint density at radius 3 is 2.57 bits per heavy atom. The van der Waals surface area contributed by atoms with Gasteiger partial charge in [-0.05, 0) is 56.2 Å². The number of halogens is 1. The molecule has 2 amide bonds. The summed E-state index contributed by atoms with van der Waals surface area (Å²) in [4.78, 5) is 30.1. The second-order valence-corrected chi connectivity index (χ2v) is 9.44. The number of nitrogens with zero attached hydrogens (tertiary/aromatic N) is 3. The molecule has 37 heavy (non-hydrogen) atoms. The van der Waals surface area contributed by atoms with E-state index in [0.717, 1.165) is 10.6 Å². The van der Waals surface area contributed by atoms with Crippen LogP contribution in [0.5, 0.6) is 11.5 Å². The number of aromatic nitrogens is 1. The topological polar surface area (TPSA) is 102 Å². The molecular formula is C26H27FN4O5S. The summed E-state index contributed by atoms with van der Waals surface area (Å²) in [5.74, 6) is 0.392. The second kappa shape index (κ2) is 11.4. The van der Waals surface area contributed by atoms with E-state index in [4.69, 9.17) is 14.2 Å². The Bertz CT molecular complexity index is 1330. The van der Waals surface area contributed by atoms with E-state index in [1.807, 2.05) is 13.8 Å². The highest BCUT2D eigenvalue weighted by atomic mass is 32.1. The fourth-order valence-corrected chi connectivity index (χ4v) is 4.71. The Morgan fingerprint density at radius 1 is 1.19 bits per heavy atom. The van der Waals surface area contributed by atoms with Crippen LogP contribution in [0.3, 0.4) is 0 Å². The molecule has 4 rings (SSSR count). The third-order valence-corrected chi connectivity index (χ3v) is 6.75. The normalized spacial score (nSPS) is 15.2. The molecule has 1 aromatic heterocycles. The van der Waals surface area contributed by atoms with E-state index in [1.165, 1.54) is 23.5 Å². The van der Waals surface area contributed by atoms with Crippen LogP contribution in [0.4, 0.5) is 14.9 Å². The van der Waals surface area contributed by atoms with E-state index >= 15 is 0 Å². The van der Waals surface area contributed by atoms with Gasteiger partial charge >= 0.3 is 6.09 Å². The number of aryl methyl sites for hydroxylation is 2. The number of benzene rings is 2. The number of carbonyl (C=O) groups excluding carboxylic acids is 2. The summed E-state index contributed by atoms with van der Waals surface area (Å²) in [6.07, 6.45) is -0.624. The first-order valence-corrected chi connectivity index (χ1v) is 12.4. The summed E-state index contributed by atoms with van der Waals surface area (Å²) < 4.78 is 28.8. The molecule has 1 aliphatic heterocycles. The Morgan fingerprint density at radius 2 is 1.95 bits per heavy atom. The number of nitrogens with one attached hydrogen (secondary N) is 1. The lowest BCUT2D eigenvalue weighted by atomic mass is 10.0. The first-order chi connectivity index (χ1) is 17.8. The number of hydrogen-bond donors (Lipinski definition) is 1. The lowest BCUT2D eigenvalue weighted by Crippen LogP contribution is -2.41. The molecule has 0 aliphatic carbocycles. The number of carbonyl (C=O) groups is 2. The predicted molar refractivity (Wildman–Crippen MR) is 138 cm³/mol. The SMILES string of the molecule is CCC1OC(=O)N(Cc2ccc(NC(=O)c3sc(C)nc3C)cc2)N=C1c1ccc(OC)c(OCF)c1. The smallest absolute Gasteiger partial charge is 0.431 e. The fourth-order valence-electron chi connectivity index (χ4n) is 3.90. The van der Waals surface area contributed by atoms with Crippen LogP contribution in [0, 0.1) is 13.8 Å². The third kappa shape index (κ3) is 5.88. The summed E-state index contributed by atoms with van der Waals surface area (Å²) in [5.41, 5.74) is 3.25. The molecule has 2 aromatic carbocycles. The van der Waals surface area contributed by atoms with E-state index in [0.29, 0.717) is 39.7 Å². The highest BCUT2D eigenvalue weighted by Crippen LogP contribution is 2.30. The van der Waals surface area contributed by atoms with Gasteiger partial charge < -0.3 is 19.5 Å². The molecule has 1 aliphatic rings. The van der Waals surface area contributed by atoms with Crippen molar-refractivity contribution in [2.24, 2.45) is 5.10 Å². The molecule has 1 N–H and O–H groups in total. The lowest BCUT2D eigenvalue weighted by Gasteiger charge is -2.29. The number of cyclic esters (lactones) is 1. The van der Waals surface area contributed by atoms with Gasteiger partial charge in [-0.2, -0.15) is 10.1 Å². The number of rotatable bonds is 9. The van der Waals surface area contributed by atoms with Gasteiger partial charge in [0, 0.05) is 11.3 Å². The molecule has 2 heterocycles. The van der Waals surface area contributed by atoms with Gasteiger partial charge in [0.05, 0.1) is 24.4 Å². The van der Waals surface area contributed by atoms with Crippen molar-refractivity contribution < 1.29 is 28.2 Å². The predicted octanol–water partition coefficient (Wildman–Crippen LogP) is 5.46. The highest BCUT2D eigenvalue weighted by Gasteiger charge is 2.31. The van der Waals surface area contributed by atoms with Crippen LogP contribution >= 0.6 is 11.3 Å². The lowest BCUT2D eigenvalue weighted by molar-refractivity contribution is 0.0712. The van der Waals surface area contributed by atoms with Crippen molar-refractivity contribution in [3.8, 4) is 11.5 Å². The van der Waals surface area contributed by atoms with E-state index in [-0.39, 0.29) is 18.2 Å². The van der Waals surface area contributed by atoms with Crippen molar-refractivity contribution in [1.82, 2.24) is 9.99 Å². The van der Waals surface area contributed by atoms with Gasteiger partial charge in [-0.25, -0.2) is 14.2 Å². The molecule has 0 saturated heterocycles. The molecule has 194 valence electrons. The first-order valence-electron chi connectivity index (χ1n) is 11.6. The molecule has 0 bridgehead atoms. The van der Waals surface area contributed by atoms with Gasteiger partial charge in [-0.3, -0.25) is 4.79 Å². The summed E-state index contributed by atoms with van der Waals surface area (Å²) in [5, 5.41) is 9.50. The zero-order valence-electron chi connectivity index (χ0n) is 20.9. The average molecular weight is 527 g/mol. The Balaban J connectivity index is 1.52. The van der Waals surface area contributed by atoms with Crippen molar-refractivity contribution in [2.45, 2.75) is 39.8 Å². The van der Waals surface area contributed by atoms with Crippen LogP contribution in [0.15, 0.2) is 47.6 Å². The van der Waals surface area contributed by atoms with Crippen LogP contribution in [0.2, 0.25) is 0 Å². The van der Waals surface area contributed by atoms with Crippen molar-refractivity contribution >= 4 is 34.7 Å². The van der Waals surface area contributed by atoms with Crippen LogP contribution in [-0.2, 0) is 11.3 Å². The van der Waals surface area contributed by atoms with Crippen LogP contribution in [0.25, 0.3) is 0 Å². The van der Waals surface area contributed by atoms with Gasteiger partial charge in [-0.1, -0.05) is 19.1 Å². The molecule has 0 fully saturated rings. The molecule has 1 atom stereocenters. The van der Waals surface area contributed by atoms with Gasteiger partial charge in [0.15, 0.2) is 11.5 Å². The molecule has 0 saturated carbocycles. The minimum absolute atomic E-state index is 0.157.